The number of carbonyl (C=O) groups excluding carboxylic acids is 1. The Bertz CT molecular complexity index is 1080. The number of aryl methyl sites for hydroxylation is 1. The number of anilines is 1. The highest BCUT2D eigenvalue weighted by atomic mass is 16.5. The molecule has 138 valence electrons. The van der Waals surface area contributed by atoms with Crippen molar-refractivity contribution >= 4 is 22.5 Å². The molecule has 0 atom stereocenters. The average molecular weight is 369 g/mol. The van der Waals surface area contributed by atoms with Gasteiger partial charge < -0.3 is 10.1 Å². The Morgan fingerprint density at radius 1 is 0.929 bits per heavy atom. The minimum absolute atomic E-state index is 0.0333. The van der Waals surface area contributed by atoms with E-state index in [1.807, 2.05) is 66.9 Å². The van der Waals surface area contributed by atoms with Crippen molar-refractivity contribution in [2.45, 2.75) is 12.8 Å². The van der Waals surface area contributed by atoms with E-state index >= 15 is 0 Å². The van der Waals surface area contributed by atoms with Crippen LogP contribution in [0.4, 0.5) is 5.69 Å². The summed E-state index contributed by atoms with van der Waals surface area (Å²) in [5.74, 6) is 1.32. The van der Waals surface area contributed by atoms with Gasteiger partial charge in [-0.25, -0.2) is 0 Å². The minimum Gasteiger partial charge on any atom is -0.456 e. The SMILES string of the molecule is O=C(CCc1cnc2ccccc2c1)Nc1ccc(Oc2cccnc2)cc1. The number of hydrogen-bond acceptors (Lipinski definition) is 4. The van der Waals surface area contributed by atoms with Gasteiger partial charge in [-0.3, -0.25) is 14.8 Å². The van der Waals surface area contributed by atoms with Gasteiger partial charge in [0.25, 0.3) is 0 Å². The molecule has 2 heterocycles. The zero-order valence-corrected chi connectivity index (χ0v) is 15.2. The molecule has 0 fully saturated rings. The van der Waals surface area contributed by atoms with Crippen LogP contribution in [0.15, 0.2) is 85.3 Å². The summed E-state index contributed by atoms with van der Waals surface area (Å²) in [5, 5.41) is 4.00. The summed E-state index contributed by atoms with van der Waals surface area (Å²) in [6.07, 6.45) is 6.22. The largest absolute Gasteiger partial charge is 0.456 e. The topological polar surface area (TPSA) is 64.1 Å². The van der Waals surface area contributed by atoms with Gasteiger partial charge in [0.05, 0.1) is 11.7 Å². The van der Waals surface area contributed by atoms with Crippen LogP contribution in [0.2, 0.25) is 0 Å². The number of fused-ring (bicyclic) bond motifs is 1. The number of pyridine rings is 2. The Labute approximate surface area is 163 Å². The Kier molecular flexibility index (Phi) is 5.24. The number of rotatable bonds is 6. The summed E-state index contributed by atoms with van der Waals surface area (Å²) < 4.78 is 5.70. The van der Waals surface area contributed by atoms with E-state index < -0.39 is 0 Å². The van der Waals surface area contributed by atoms with Crippen molar-refractivity contribution in [2.24, 2.45) is 0 Å². The molecule has 0 unspecified atom stereocenters. The first-order valence-electron chi connectivity index (χ1n) is 9.08. The third-order valence-electron chi connectivity index (χ3n) is 4.30. The molecule has 0 aliphatic rings. The Morgan fingerprint density at radius 3 is 2.61 bits per heavy atom. The van der Waals surface area contributed by atoms with Crippen LogP contribution < -0.4 is 10.1 Å². The lowest BCUT2D eigenvalue weighted by Gasteiger charge is -2.08. The smallest absolute Gasteiger partial charge is 0.224 e. The van der Waals surface area contributed by atoms with Gasteiger partial charge in [0.1, 0.15) is 11.5 Å². The molecular weight excluding hydrogens is 350 g/mol. The summed E-state index contributed by atoms with van der Waals surface area (Å²) in [4.78, 5) is 20.7. The van der Waals surface area contributed by atoms with Crippen LogP contribution in [0.1, 0.15) is 12.0 Å². The van der Waals surface area contributed by atoms with E-state index in [0.717, 1.165) is 22.2 Å². The first-order chi connectivity index (χ1) is 13.8. The fraction of sp³-hybridized carbons (Fsp3) is 0.0870. The molecule has 1 N–H and O–H groups in total. The van der Waals surface area contributed by atoms with Crippen LogP contribution in [0.25, 0.3) is 10.9 Å². The molecule has 0 spiro atoms. The highest BCUT2D eigenvalue weighted by Crippen LogP contribution is 2.22. The van der Waals surface area contributed by atoms with Gasteiger partial charge in [0.2, 0.25) is 5.91 Å². The average Bonchev–Trinajstić information content (AvgIpc) is 2.74. The predicted molar refractivity (Wildman–Crippen MR) is 109 cm³/mol. The predicted octanol–water partition coefficient (Wildman–Crippen LogP) is 4.99. The molecule has 2 aromatic carbocycles. The molecule has 5 heteroatoms. The summed E-state index contributed by atoms with van der Waals surface area (Å²) in [5.41, 5.74) is 2.75. The Balaban J connectivity index is 1.31. The summed E-state index contributed by atoms with van der Waals surface area (Å²) >= 11 is 0. The van der Waals surface area contributed by atoms with Crippen LogP contribution in [-0.2, 0) is 11.2 Å². The Morgan fingerprint density at radius 2 is 1.79 bits per heavy atom. The lowest BCUT2D eigenvalue weighted by molar-refractivity contribution is -0.116. The van der Waals surface area contributed by atoms with E-state index in [1.54, 1.807) is 12.4 Å². The van der Waals surface area contributed by atoms with Gasteiger partial charge >= 0.3 is 0 Å². The molecule has 1 amide bonds. The van der Waals surface area contributed by atoms with Crippen LogP contribution >= 0.6 is 0 Å². The third kappa shape index (κ3) is 4.51. The molecule has 0 bridgehead atoms. The third-order valence-corrected chi connectivity index (χ3v) is 4.30. The van der Waals surface area contributed by atoms with Crippen molar-refractivity contribution in [1.29, 1.82) is 0 Å². The van der Waals surface area contributed by atoms with Crippen molar-refractivity contribution in [3.63, 3.8) is 0 Å². The van der Waals surface area contributed by atoms with Gasteiger partial charge in [0, 0.05) is 29.9 Å². The standard InChI is InChI=1S/C23H19N3O2/c27-23(12-7-17-14-18-4-1-2-6-22(18)25-15-17)26-19-8-10-20(11-9-19)28-21-5-3-13-24-16-21/h1-6,8-11,13-16H,7,12H2,(H,26,27). The molecule has 0 aliphatic carbocycles. The van der Waals surface area contributed by atoms with E-state index in [9.17, 15) is 4.79 Å². The van der Waals surface area contributed by atoms with Crippen LogP contribution in [0.3, 0.4) is 0 Å². The molecule has 0 aliphatic heterocycles. The number of hydrogen-bond donors (Lipinski definition) is 1. The van der Waals surface area contributed by atoms with E-state index in [-0.39, 0.29) is 5.91 Å². The van der Waals surface area contributed by atoms with Crippen molar-refractivity contribution in [2.75, 3.05) is 5.32 Å². The fourth-order valence-electron chi connectivity index (χ4n) is 2.88. The normalized spacial score (nSPS) is 10.6. The highest BCUT2D eigenvalue weighted by Gasteiger charge is 2.05. The van der Waals surface area contributed by atoms with Gasteiger partial charge in [-0.1, -0.05) is 18.2 Å². The van der Waals surface area contributed by atoms with Gasteiger partial charge in [-0.05, 0) is 60.5 Å². The van der Waals surface area contributed by atoms with E-state index in [0.29, 0.717) is 24.3 Å². The van der Waals surface area contributed by atoms with Crippen molar-refractivity contribution < 1.29 is 9.53 Å². The van der Waals surface area contributed by atoms with E-state index in [4.69, 9.17) is 4.74 Å². The molecule has 0 radical (unpaired) electrons. The number of ether oxygens (including phenoxy) is 1. The maximum atomic E-state index is 12.3. The lowest BCUT2D eigenvalue weighted by atomic mass is 10.1. The zero-order chi connectivity index (χ0) is 19.2. The molecule has 0 saturated carbocycles. The first-order valence-corrected chi connectivity index (χ1v) is 9.08. The summed E-state index contributed by atoms with van der Waals surface area (Å²) in [7, 11) is 0. The molecule has 0 saturated heterocycles. The molecule has 4 rings (SSSR count). The molecular formula is C23H19N3O2. The van der Waals surface area contributed by atoms with Gasteiger partial charge in [-0.15, -0.1) is 0 Å². The lowest BCUT2D eigenvalue weighted by Crippen LogP contribution is -2.12. The minimum atomic E-state index is -0.0333. The number of para-hydroxylation sites is 1. The maximum absolute atomic E-state index is 12.3. The zero-order valence-electron chi connectivity index (χ0n) is 15.2. The number of aromatic nitrogens is 2. The Hall–Kier alpha value is -3.73. The second kappa shape index (κ2) is 8.31. The second-order valence-corrected chi connectivity index (χ2v) is 6.40. The molecule has 2 aromatic heterocycles. The van der Waals surface area contributed by atoms with Gasteiger partial charge in [-0.2, -0.15) is 0 Å². The summed E-state index contributed by atoms with van der Waals surface area (Å²) in [6.45, 7) is 0. The molecule has 4 aromatic rings. The quantitative estimate of drug-likeness (QED) is 0.520. The maximum Gasteiger partial charge on any atom is 0.224 e. The number of carbonyl (C=O) groups is 1. The number of amides is 1. The van der Waals surface area contributed by atoms with Crippen LogP contribution in [-0.4, -0.2) is 15.9 Å². The van der Waals surface area contributed by atoms with Crippen molar-refractivity contribution in [3.05, 3.63) is 90.9 Å². The number of benzene rings is 2. The first kappa shape index (κ1) is 17.7. The van der Waals surface area contributed by atoms with Crippen molar-refractivity contribution in [1.82, 2.24) is 9.97 Å². The highest BCUT2D eigenvalue weighted by molar-refractivity contribution is 5.91. The van der Waals surface area contributed by atoms with Crippen molar-refractivity contribution in [3.8, 4) is 11.5 Å². The van der Waals surface area contributed by atoms with Crippen LogP contribution in [0.5, 0.6) is 11.5 Å². The second-order valence-electron chi connectivity index (χ2n) is 6.40. The molecule has 28 heavy (non-hydrogen) atoms. The monoisotopic (exact) mass is 369 g/mol. The number of nitrogens with one attached hydrogen (secondary N) is 1. The van der Waals surface area contributed by atoms with Crippen LogP contribution in [0, 0.1) is 0 Å². The van der Waals surface area contributed by atoms with E-state index in [2.05, 4.69) is 21.4 Å². The van der Waals surface area contributed by atoms with Gasteiger partial charge in [0.15, 0.2) is 0 Å². The molecule has 5 nitrogen and oxygen atoms in total. The van der Waals surface area contributed by atoms with E-state index in [1.165, 1.54) is 0 Å². The fourth-order valence-corrected chi connectivity index (χ4v) is 2.88. The summed E-state index contributed by atoms with van der Waals surface area (Å²) in [6, 6.07) is 21.0. The number of nitrogens with zero attached hydrogens (tertiary/aromatic N) is 2.